The number of hydrogen-bond acceptors (Lipinski definition) is 7. The minimum Gasteiger partial charge on any atom is -0.487 e. The lowest BCUT2D eigenvalue weighted by atomic mass is 9.98. The third-order valence-electron chi connectivity index (χ3n) is 4.47. The fraction of sp³-hybridized carbons (Fsp3) is 0.353. The number of hydrazone groups is 1. The summed E-state index contributed by atoms with van der Waals surface area (Å²) in [5.41, 5.74) is 7.22. The van der Waals surface area contributed by atoms with Crippen molar-refractivity contribution < 1.29 is 4.74 Å². The zero-order valence-electron chi connectivity index (χ0n) is 14.9. The van der Waals surface area contributed by atoms with Crippen molar-refractivity contribution in [1.82, 2.24) is 9.88 Å². The molecule has 0 spiro atoms. The van der Waals surface area contributed by atoms with Gasteiger partial charge in [-0.1, -0.05) is 0 Å². The summed E-state index contributed by atoms with van der Waals surface area (Å²) in [6.07, 6.45) is 3.26. The van der Waals surface area contributed by atoms with Crippen LogP contribution in [0.1, 0.15) is 29.5 Å². The molecule has 0 saturated carbocycles. The van der Waals surface area contributed by atoms with Crippen LogP contribution in [-0.4, -0.2) is 35.3 Å². The molecule has 0 amide bonds. The van der Waals surface area contributed by atoms with E-state index in [9.17, 15) is 0 Å². The molecule has 1 fully saturated rings. The van der Waals surface area contributed by atoms with Gasteiger partial charge in [-0.15, -0.1) is 11.3 Å². The predicted octanol–water partition coefficient (Wildman–Crippen LogP) is 1.38. The van der Waals surface area contributed by atoms with Crippen LogP contribution in [0.4, 0.5) is 5.69 Å². The van der Waals surface area contributed by atoms with Gasteiger partial charge in [0.25, 0.3) is 0 Å². The Kier molecular flexibility index (Phi) is 6.09. The number of rotatable bonds is 6. The van der Waals surface area contributed by atoms with Gasteiger partial charge in [0.15, 0.2) is 5.96 Å². The Hall–Kier alpha value is -2.85. The van der Waals surface area contributed by atoms with E-state index in [1.165, 1.54) is 11.3 Å². The molecule has 1 aliphatic heterocycles. The third-order valence-corrected chi connectivity index (χ3v) is 5.52. The van der Waals surface area contributed by atoms with Gasteiger partial charge in [-0.05, 0) is 37.1 Å². The number of ether oxygens (including phenoxy) is 1. The number of aromatic nitrogens is 1. The summed E-state index contributed by atoms with van der Waals surface area (Å²) in [4.78, 5) is 6.62. The summed E-state index contributed by atoms with van der Waals surface area (Å²) < 4.78 is 5.81. The fourth-order valence-corrected chi connectivity index (χ4v) is 3.93. The van der Waals surface area contributed by atoms with Gasteiger partial charge in [-0.25, -0.2) is 10.8 Å². The number of nitrogens with one attached hydrogen (secondary N) is 1. The van der Waals surface area contributed by atoms with E-state index in [1.807, 2.05) is 34.5 Å². The zero-order valence-corrected chi connectivity index (χ0v) is 15.7. The maximum absolute atomic E-state index is 7.51. The van der Waals surface area contributed by atoms with Gasteiger partial charge < -0.3 is 21.2 Å². The molecule has 144 valence electrons. The van der Waals surface area contributed by atoms with E-state index < -0.39 is 0 Å². The molecule has 0 unspecified atom stereocenters. The second-order valence-electron chi connectivity index (χ2n) is 6.28. The minimum atomic E-state index is 0.153. The van der Waals surface area contributed by atoms with E-state index in [0.717, 1.165) is 48.1 Å². The molecular formula is C17H24N8OS. The van der Waals surface area contributed by atoms with Crippen molar-refractivity contribution in [2.75, 3.05) is 18.1 Å². The van der Waals surface area contributed by atoms with Crippen molar-refractivity contribution >= 4 is 29.3 Å². The second kappa shape index (κ2) is 8.69. The SMILES string of the molecule is N=C(N)N1CCC(c2nc(COc3ccc(N(N)/C=N\N)cc3)cs2)CC1. The van der Waals surface area contributed by atoms with Crippen molar-refractivity contribution in [3.63, 3.8) is 0 Å². The summed E-state index contributed by atoms with van der Waals surface area (Å²) in [6.45, 7) is 2.04. The van der Waals surface area contributed by atoms with Gasteiger partial charge in [-0.3, -0.25) is 10.4 Å². The lowest BCUT2D eigenvalue weighted by molar-refractivity contribution is 0.297. The van der Waals surface area contributed by atoms with E-state index in [2.05, 4.69) is 5.10 Å². The van der Waals surface area contributed by atoms with Crippen LogP contribution in [0.25, 0.3) is 0 Å². The molecule has 1 aromatic heterocycles. The molecular weight excluding hydrogens is 364 g/mol. The minimum absolute atomic E-state index is 0.153. The number of benzene rings is 1. The van der Waals surface area contributed by atoms with Crippen LogP contribution in [0.5, 0.6) is 5.75 Å². The Morgan fingerprint density at radius 3 is 2.70 bits per heavy atom. The number of nitrogens with zero attached hydrogens (tertiary/aromatic N) is 4. The summed E-state index contributed by atoms with van der Waals surface area (Å²) in [6, 6.07) is 7.33. The van der Waals surface area contributed by atoms with Gasteiger partial charge in [-0.2, -0.15) is 5.10 Å². The molecule has 9 nitrogen and oxygen atoms in total. The average Bonchev–Trinajstić information content (AvgIpc) is 3.16. The molecule has 0 bridgehead atoms. The average molecular weight is 389 g/mol. The van der Waals surface area contributed by atoms with Crippen LogP contribution in [-0.2, 0) is 6.61 Å². The van der Waals surface area contributed by atoms with E-state index >= 15 is 0 Å². The molecule has 10 heteroatoms. The highest BCUT2D eigenvalue weighted by Crippen LogP contribution is 2.30. The molecule has 7 N–H and O–H groups in total. The summed E-state index contributed by atoms with van der Waals surface area (Å²) in [5, 5.41) is 15.4. The highest BCUT2D eigenvalue weighted by atomic mass is 32.1. The van der Waals surface area contributed by atoms with E-state index in [4.69, 9.17) is 32.5 Å². The first-order valence-corrected chi connectivity index (χ1v) is 9.48. The maximum Gasteiger partial charge on any atom is 0.188 e. The van der Waals surface area contributed by atoms with Crippen LogP contribution < -0.4 is 27.2 Å². The number of hydrogen-bond donors (Lipinski definition) is 4. The Balaban J connectivity index is 1.52. The smallest absolute Gasteiger partial charge is 0.188 e. The van der Waals surface area contributed by atoms with Crippen molar-refractivity contribution in [3.05, 3.63) is 40.3 Å². The summed E-state index contributed by atoms with van der Waals surface area (Å²) in [7, 11) is 0. The van der Waals surface area contributed by atoms with Crippen molar-refractivity contribution in [3.8, 4) is 5.75 Å². The topological polar surface area (TPSA) is 143 Å². The first-order chi connectivity index (χ1) is 13.1. The van der Waals surface area contributed by atoms with E-state index in [1.54, 1.807) is 11.3 Å². The van der Waals surface area contributed by atoms with Gasteiger partial charge in [0.1, 0.15) is 18.7 Å². The van der Waals surface area contributed by atoms with Gasteiger partial charge in [0, 0.05) is 24.4 Å². The van der Waals surface area contributed by atoms with Crippen LogP contribution in [0.15, 0.2) is 34.7 Å². The van der Waals surface area contributed by atoms with E-state index in [-0.39, 0.29) is 5.96 Å². The lowest BCUT2D eigenvalue weighted by Crippen LogP contribution is -2.41. The van der Waals surface area contributed by atoms with Gasteiger partial charge in [0.05, 0.1) is 16.4 Å². The number of nitrogens with two attached hydrogens (primary N) is 3. The van der Waals surface area contributed by atoms with Gasteiger partial charge in [0.2, 0.25) is 0 Å². The first-order valence-electron chi connectivity index (χ1n) is 8.60. The van der Waals surface area contributed by atoms with Crippen LogP contribution in [0.2, 0.25) is 0 Å². The zero-order chi connectivity index (χ0) is 19.2. The molecule has 0 aliphatic carbocycles. The van der Waals surface area contributed by atoms with Gasteiger partial charge >= 0.3 is 0 Å². The van der Waals surface area contributed by atoms with E-state index in [0.29, 0.717) is 12.5 Å². The summed E-state index contributed by atoms with van der Waals surface area (Å²) in [5.74, 6) is 12.2. The normalized spacial score (nSPS) is 15.2. The molecule has 0 atom stereocenters. The maximum atomic E-state index is 7.51. The molecule has 1 aliphatic rings. The van der Waals surface area contributed by atoms with Crippen molar-refractivity contribution in [1.29, 1.82) is 5.41 Å². The van der Waals surface area contributed by atoms with Crippen LogP contribution in [0.3, 0.4) is 0 Å². The third kappa shape index (κ3) is 4.86. The molecule has 1 aromatic carbocycles. The highest BCUT2D eigenvalue weighted by Gasteiger charge is 2.23. The standard InChI is InChI=1S/C17H24N8OS/c18-17(19)24-7-5-12(6-8-24)16-23-13(10-27-16)9-26-15-3-1-14(2-4-15)25(21)11-22-20/h1-4,10-12H,5-9,20-21H2,(H3,18,19)/b22-11-. The number of hydrazine groups is 1. The van der Waals surface area contributed by atoms with Crippen LogP contribution in [0, 0.1) is 5.41 Å². The molecule has 3 rings (SSSR count). The molecule has 0 radical (unpaired) electrons. The van der Waals surface area contributed by atoms with Crippen molar-refractivity contribution in [2.24, 2.45) is 22.5 Å². The summed E-state index contributed by atoms with van der Waals surface area (Å²) >= 11 is 1.67. The Morgan fingerprint density at radius 2 is 2.07 bits per heavy atom. The fourth-order valence-electron chi connectivity index (χ4n) is 2.95. The van der Waals surface area contributed by atoms with Crippen LogP contribution >= 0.6 is 11.3 Å². The Bertz CT molecular complexity index is 782. The Morgan fingerprint density at radius 1 is 1.37 bits per heavy atom. The number of guanidine groups is 1. The Labute approximate surface area is 161 Å². The molecule has 27 heavy (non-hydrogen) atoms. The quantitative estimate of drug-likeness (QED) is 0.253. The lowest BCUT2D eigenvalue weighted by Gasteiger charge is -2.31. The molecule has 2 heterocycles. The number of anilines is 1. The molecule has 2 aromatic rings. The number of likely N-dealkylation sites (tertiary alicyclic amines) is 1. The second-order valence-corrected chi connectivity index (χ2v) is 7.17. The largest absolute Gasteiger partial charge is 0.487 e. The van der Waals surface area contributed by atoms with Crippen molar-refractivity contribution in [2.45, 2.75) is 25.4 Å². The highest BCUT2D eigenvalue weighted by molar-refractivity contribution is 7.09. The predicted molar refractivity (Wildman–Crippen MR) is 108 cm³/mol. The number of piperidine rings is 1. The first kappa shape index (κ1) is 18.9. The number of thiazole rings is 1. The molecule has 1 saturated heterocycles. The monoisotopic (exact) mass is 388 g/mol.